The van der Waals surface area contributed by atoms with Crippen LogP contribution in [0.5, 0.6) is 5.75 Å². The van der Waals surface area contributed by atoms with Crippen molar-refractivity contribution in [3.63, 3.8) is 0 Å². The first-order valence-corrected chi connectivity index (χ1v) is 11.1. The highest BCUT2D eigenvalue weighted by atomic mass is 32.2. The van der Waals surface area contributed by atoms with Gasteiger partial charge in [0, 0.05) is 16.5 Å². The van der Waals surface area contributed by atoms with Crippen molar-refractivity contribution in [2.75, 3.05) is 4.72 Å². The Morgan fingerprint density at radius 2 is 1.59 bits per heavy atom. The Bertz CT molecular complexity index is 1400. The molecule has 4 aromatic carbocycles. The number of aromatic carboxylic acids is 1. The lowest BCUT2D eigenvalue weighted by Crippen LogP contribution is -2.14. The van der Waals surface area contributed by atoms with Gasteiger partial charge >= 0.3 is 5.97 Å². The maximum Gasteiger partial charge on any atom is 0.338 e. The SMILES string of the molecule is O=C(O)c1cc(NS(=O)(=O)c2ccc(OCc3ccccc3)c3ccccc23)ccc1F. The first-order chi connectivity index (χ1) is 15.3. The second kappa shape index (κ2) is 8.68. The zero-order chi connectivity index (χ0) is 22.7. The van der Waals surface area contributed by atoms with E-state index in [1.165, 1.54) is 12.1 Å². The van der Waals surface area contributed by atoms with Crippen LogP contribution in [-0.2, 0) is 16.6 Å². The number of hydrogen-bond acceptors (Lipinski definition) is 4. The van der Waals surface area contributed by atoms with Gasteiger partial charge in [0.15, 0.2) is 0 Å². The van der Waals surface area contributed by atoms with E-state index in [1.54, 1.807) is 30.3 Å². The topological polar surface area (TPSA) is 92.7 Å². The van der Waals surface area contributed by atoms with Gasteiger partial charge in [-0.2, -0.15) is 0 Å². The monoisotopic (exact) mass is 451 g/mol. The molecule has 0 heterocycles. The number of hydrogen-bond donors (Lipinski definition) is 2. The molecular weight excluding hydrogens is 433 g/mol. The van der Waals surface area contributed by atoms with Crippen LogP contribution >= 0.6 is 0 Å². The molecule has 2 N–H and O–H groups in total. The Morgan fingerprint density at radius 1 is 0.906 bits per heavy atom. The average molecular weight is 451 g/mol. The number of carboxylic acids is 1. The van der Waals surface area contributed by atoms with Crippen molar-refractivity contribution in [1.82, 2.24) is 0 Å². The van der Waals surface area contributed by atoms with Gasteiger partial charge in [0.2, 0.25) is 0 Å². The van der Waals surface area contributed by atoms with Crippen molar-refractivity contribution in [2.45, 2.75) is 11.5 Å². The van der Waals surface area contributed by atoms with Crippen LogP contribution in [-0.4, -0.2) is 19.5 Å². The van der Waals surface area contributed by atoms with Gasteiger partial charge in [-0.1, -0.05) is 54.6 Å². The van der Waals surface area contributed by atoms with E-state index >= 15 is 0 Å². The highest BCUT2D eigenvalue weighted by Crippen LogP contribution is 2.32. The summed E-state index contributed by atoms with van der Waals surface area (Å²) in [7, 11) is -4.10. The molecule has 0 fully saturated rings. The molecule has 0 aliphatic heterocycles. The third-order valence-corrected chi connectivity index (χ3v) is 6.26. The van der Waals surface area contributed by atoms with Crippen LogP contribution in [0.2, 0.25) is 0 Å². The van der Waals surface area contributed by atoms with Crippen LogP contribution in [0, 0.1) is 5.82 Å². The molecule has 4 aromatic rings. The lowest BCUT2D eigenvalue weighted by Gasteiger charge is -2.14. The van der Waals surface area contributed by atoms with Crippen molar-refractivity contribution < 1.29 is 27.4 Å². The minimum atomic E-state index is -4.10. The summed E-state index contributed by atoms with van der Waals surface area (Å²) in [5.41, 5.74) is 0.289. The van der Waals surface area contributed by atoms with Gasteiger partial charge in [-0.05, 0) is 35.9 Å². The predicted molar refractivity (Wildman–Crippen MR) is 119 cm³/mol. The molecule has 0 radical (unpaired) electrons. The molecule has 32 heavy (non-hydrogen) atoms. The average Bonchev–Trinajstić information content (AvgIpc) is 2.79. The number of nitrogens with one attached hydrogen (secondary N) is 1. The Kier molecular flexibility index (Phi) is 5.79. The number of anilines is 1. The third kappa shape index (κ3) is 4.40. The smallest absolute Gasteiger partial charge is 0.338 e. The number of ether oxygens (including phenoxy) is 1. The summed E-state index contributed by atoms with van der Waals surface area (Å²) in [6, 6.07) is 22.5. The maximum absolute atomic E-state index is 13.7. The molecule has 4 rings (SSSR count). The number of carbonyl (C=O) groups is 1. The zero-order valence-corrected chi connectivity index (χ0v) is 17.5. The van der Waals surface area contributed by atoms with Gasteiger partial charge in [0.05, 0.1) is 10.5 Å². The number of rotatable bonds is 7. The first kappa shape index (κ1) is 21.3. The molecule has 0 bridgehead atoms. The van der Waals surface area contributed by atoms with E-state index in [9.17, 15) is 17.6 Å². The van der Waals surface area contributed by atoms with Crippen LogP contribution in [0.4, 0.5) is 10.1 Å². The Balaban J connectivity index is 1.68. The molecule has 0 amide bonds. The number of benzene rings is 4. The predicted octanol–water partition coefficient (Wildman–Crippen LogP) is 5.06. The standard InChI is InChI=1S/C24H18FNO5S/c25-21-11-10-17(14-20(21)24(27)28)26-32(29,30)23-13-12-22(18-8-4-5-9-19(18)23)31-15-16-6-2-1-3-7-16/h1-14,26H,15H2,(H,27,28). The van der Waals surface area contributed by atoms with Crippen LogP contribution < -0.4 is 9.46 Å². The molecule has 0 saturated carbocycles. The summed E-state index contributed by atoms with van der Waals surface area (Å²) in [5.74, 6) is -1.92. The fraction of sp³-hybridized carbons (Fsp3) is 0.0417. The van der Waals surface area contributed by atoms with Crippen molar-refractivity contribution >= 4 is 32.5 Å². The third-order valence-electron chi connectivity index (χ3n) is 4.82. The molecule has 0 saturated heterocycles. The van der Waals surface area contributed by atoms with Crippen molar-refractivity contribution in [1.29, 1.82) is 0 Å². The van der Waals surface area contributed by atoms with Crippen LogP contribution in [0.15, 0.2) is 89.8 Å². The first-order valence-electron chi connectivity index (χ1n) is 9.59. The molecule has 0 spiro atoms. The highest BCUT2D eigenvalue weighted by Gasteiger charge is 2.21. The molecule has 6 nitrogen and oxygen atoms in total. The van der Waals surface area contributed by atoms with Gasteiger partial charge in [-0.3, -0.25) is 4.72 Å². The summed E-state index contributed by atoms with van der Waals surface area (Å²) in [6.45, 7) is 0.322. The second-order valence-corrected chi connectivity index (χ2v) is 8.64. The van der Waals surface area contributed by atoms with Gasteiger partial charge in [-0.25, -0.2) is 17.6 Å². The summed E-state index contributed by atoms with van der Waals surface area (Å²) >= 11 is 0. The number of sulfonamides is 1. The van der Waals surface area contributed by atoms with Crippen molar-refractivity contribution in [2.24, 2.45) is 0 Å². The van der Waals surface area contributed by atoms with E-state index in [1.807, 2.05) is 30.3 Å². The van der Waals surface area contributed by atoms with E-state index in [-0.39, 0.29) is 10.6 Å². The lowest BCUT2D eigenvalue weighted by atomic mass is 10.1. The number of halogens is 1. The van der Waals surface area contributed by atoms with Gasteiger partial charge in [0.1, 0.15) is 18.2 Å². The second-order valence-electron chi connectivity index (χ2n) is 6.99. The quantitative estimate of drug-likeness (QED) is 0.410. The van der Waals surface area contributed by atoms with Crippen LogP contribution in [0.25, 0.3) is 10.8 Å². The van der Waals surface area contributed by atoms with Crippen molar-refractivity contribution in [3.8, 4) is 5.75 Å². The summed E-state index contributed by atoms with van der Waals surface area (Å²) in [5, 5.41) is 10.1. The Labute approximate surface area is 184 Å². The Hall–Kier alpha value is -3.91. The molecule has 0 atom stereocenters. The molecule has 0 aromatic heterocycles. The zero-order valence-electron chi connectivity index (χ0n) is 16.7. The fourth-order valence-corrected chi connectivity index (χ4v) is 4.56. The summed E-state index contributed by atoms with van der Waals surface area (Å²) in [6.07, 6.45) is 0. The normalized spacial score (nSPS) is 11.3. The highest BCUT2D eigenvalue weighted by molar-refractivity contribution is 7.93. The van der Waals surface area contributed by atoms with Gasteiger partial charge in [0.25, 0.3) is 10.0 Å². The lowest BCUT2D eigenvalue weighted by molar-refractivity contribution is 0.0692. The van der Waals surface area contributed by atoms with Crippen molar-refractivity contribution in [3.05, 3.63) is 102 Å². The molecule has 8 heteroatoms. The molecule has 0 aliphatic carbocycles. The van der Waals surface area contributed by atoms with Gasteiger partial charge in [-0.15, -0.1) is 0 Å². The van der Waals surface area contributed by atoms with E-state index in [4.69, 9.17) is 9.84 Å². The van der Waals surface area contributed by atoms with E-state index < -0.39 is 27.4 Å². The van der Waals surface area contributed by atoms with Crippen LogP contribution in [0.3, 0.4) is 0 Å². The fourth-order valence-electron chi connectivity index (χ4n) is 3.30. The van der Waals surface area contributed by atoms with Crippen LogP contribution in [0.1, 0.15) is 15.9 Å². The van der Waals surface area contributed by atoms with Gasteiger partial charge < -0.3 is 9.84 Å². The molecule has 162 valence electrons. The van der Waals surface area contributed by atoms with E-state index in [2.05, 4.69) is 4.72 Å². The number of carboxylic acid groups (broad SMARTS) is 1. The molecule has 0 unspecified atom stereocenters. The molecular formula is C24H18FNO5S. The minimum absolute atomic E-state index is 0.0126. The minimum Gasteiger partial charge on any atom is -0.488 e. The number of fused-ring (bicyclic) bond motifs is 1. The largest absolute Gasteiger partial charge is 0.488 e. The summed E-state index contributed by atoms with van der Waals surface area (Å²) in [4.78, 5) is 11.1. The Morgan fingerprint density at radius 3 is 2.31 bits per heavy atom. The summed E-state index contributed by atoms with van der Waals surface area (Å²) < 4.78 is 48.1. The molecule has 0 aliphatic rings. The van der Waals surface area contributed by atoms with E-state index in [0.29, 0.717) is 23.1 Å². The maximum atomic E-state index is 13.7. The van der Waals surface area contributed by atoms with E-state index in [0.717, 1.165) is 17.7 Å².